The third kappa shape index (κ3) is 2.12. The van der Waals surface area contributed by atoms with Gasteiger partial charge in [-0.2, -0.15) is 0 Å². The summed E-state index contributed by atoms with van der Waals surface area (Å²) in [4.78, 5) is 18.4. The molecule has 2 heterocycles. The summed E-state index contributed by atoms with van der Waals surface area (Å²) >= 11 is 1.52. The number of thiazole rings is 1. The number of carbonyl (C=O) groups is 1. The minimum Gasteiger partial charge on any atom is -0.345 e. The molecular weight excluding hydrogens is 220 g/mol. The molecule has 1 fully saturated rings. The van der Waals surface area contributed by atoms with Crippen molar-refractivity contribution in [1.82, 2.24) is 4.98 Å². The van der Waals surface area contributed by atoms with Gasteiger partial charge in [0.2, 0.25) is 0 Å². The molecule has 0 aromatic carbocycles. The van der Waals surface area contributed by atoms with Crippen LogP contribution in [0.1, 0.15) is 42.1 Å². The van der Waals surface area contributed by atoms with Crippen molar-refractivity contribution in [2.75, 3.05) is 11.4 Å². The van der Waals surface area contributed by atoms with E-state index in [9.17, 15) is 4.79 Å². The molecule has 0 saturated carbocycles. The third-order valence-corrected chi connectivity index (χ3v) is 4.41. The second-order valence-corrected chi connectivity index (χ2v) is 5.76. The zero-order chi connectivity index (χ0) is 11.7. The number of hydrogen-bond donors (Lipinski definition) is 0. The molecule has 16 heavy (non-hydrogen) atoms. The molecule has 0 spiro atoms. The lowest BCUT2D eigenvalue weighted by atomic mass is 9.96. The summed E-state index contributed by atoms with van der Waals surface area (Å²) in [6.45, 7) is 7.48. The second kappa shape index (κ2) is 4.53. The van der Waals surface area contributed by atoms with E-state index in [1.807, 2.05) is 6.92 Å². The lowest BCUT2D eigenvalue weighted by Gasteiger charge is -2.36. The molecule has 88 valence electrons. The van der Waals surface area contributed by atoms with Crippen LogP contribution >= 0.6 is 11.3 Å². The highest BCUT2D eigenvalue weighted by molar-refractivity contribution is 7.17. The number of aldehydes is 1. The molecule has 4 heteroatoms. The summed E-state index contributed by atoms with van der Waals surface area (Å²) in [5.74, 6) is 0.722. The molecule has 1 aromatic rings. The Kier molecular flexibility index (Phi) is 3.28. The maximum absolute atomic E-state index is 10.8. The van der Waals surface area contributed by atoms with Crippen LogP contribution in [0.15, 0.2) is 0 Å². The normalized spacial score (nSPS) is 25.8. The third-order valence-electron chi connectivity index (χ3n) is 3.29. The van der Waals surface area contributed by atoms with E-state index in [0.29, 0.717) is 6.04 Å². The van der Waals surface area contributed by atoms with E-state index in [-0.39, 0.29) is 0 Å². The molecule has 1 aliphatic heterocycles. The number of carbonyl (C=O) groups excluding carboxylic acids is 1. The maximum atomic E-state index is 10.8. The molecule has 0 radical (unpaired) electrons. The fourth-order valence-corrected chi connectivity index (χ4v) is 3.17. The average Bonchev–Trinajstić information content (AvgIpc) is 2.63. The van der Waals surface area contributed by atoms with Crippen molar-refractivity contribution in [2.45, 2.75) is 39.7 Å². The molecule has 1 aromatic heterocycles. The first-order valence-corrected chi connectivity index (χ1v) is 6.62. The number of rotatable bonds is 2. The van der Waals surface area contributed by atoms with E-state index < -0.39 is 0 Å². The molecule has 2 atom stereocenters. The molecule has 0 N–H and O–H groups in total. The van der Waals surface area contributed by atoms with E-state index in [4.69, 9.17) is 0 Å². The van der Waals surface area contributed by atoms with Crippen LogP contribution in [-0.4, -0.2) is 23.9 Å². The predicted molar refractivity (Wildman–Crippen MR) is 67.4 cm³/mol. The van der Waals surface area contributed by atoms with Gasteiger partial charge in [0.05, 0.1) is 10.6 Å². The highest BCUT2D eigenvalue weighted by atomic mass is 32.1. The Morgan fingerprint density at radius 2 is 2.19 bits per heavy atom. The van der Waals surface area contributed by atoms with Crippen molar-refractivity contribution < 1.29 is 4.79 Å². The standard InChI is InChI=1S/C12H18N2OS/c1-8-4-5-9(2)14(6-8)12-13-10(3)11(7-15)16-12/h7-9H,4-6H2,1-3H3. The van der Waals surface area contributed by atoms with Gasteiger partial charge in [-0.1, -0.05) is 18.3 Å². The van der Waals surface area contributed by atoms with Crippen LogP contribution in [0.3, 0.4) is 0 Å². The molecule has 2 unspecified atom stereocenters. The Hall–Kier alpha value is -0.900. The summed E-state index contributed by atoms with van der Waals surface area (Å²) in [7, 11) is 0. The number of hydrogen-bond acceptors (Lipinski definition) is 4. The van der Waals surface area contributed by atoms with E-state index in [1.165, 1.54) is 24.2 Å². The Balaban J connectivity index is 2.24. The monoisotopic (exact) mass is 238 g/mol. The summed E-state index contributed by atoms with van der Waals surface area (Å²) in [6, 6.07) is 0.543. The predicted octanol–water partition coefficient (Wildman–Crippen LogP) is 2.89. The maximum Gasteiger partial charge on any atom is 0.186 e. The summed E-state index contributed by atoms with van der Waals surface area (Å²) in [5, 5.41) is 1.01. The Labute approximate surface area is 100 Å². The first-order chi connectivity index (χ1) is 7.61. The van der Waals surface area contributed by atoms with Crippen LogP contribution < -0.4 is 4.90 Å². The van der Waals surface area contributed by atoms with Gasteiger partial charge in [-0.05, 0) is 32.6 Å². The SMILES string of the molecule is Cc1nc(N2CC(C)CCC2C)sc1C=O. The molecule has 0 aliphatic carbocycles. The van der Waals surface area contributed by atoms with Gasteiger partial charge in [0.25, 0.3) is 0 Å². The first-order valence-electron chi connectivity index (χ1n) is 5.81. The van der Waals surface area contributed by atoms with E-state index in [0.717, 1.165) is 34.5 Å². The van der Waals surface area contributed by atoms with Crippen LogP contribution in [0.2, 0.25) is 0 Å². The van der Waals surface area contributed by atoms with Crippen LogP contribution in [0, 0.1) is 12.8 Å². The Morgan fingerprint density at radius 3 is 2.81 bits per heavy atom. The smallest absolute Gasteiger partial charge is 0.186 e. The van der Waals surface area contributed by atoms with Crippen LogP contribution in [0.4, 0.5) is 5.13 Å². The molecule has 3 nitrogen and oxygen atoms in total. The fraction of sp³-hybridized carbons (Fsp3) is 0.667. The van der Waals surface area contributed by atoms with Crippen molar-refractivity contribution in [3.63, 3.8) is 0 Å². The number of anilines is 1. The number of aromatic nitrogens is 1. The number of piperidine rings is 1. The van der Waals surface area contributed by atoms with Gasteiger partial charge in [-0.15, -0.1) is 0 Å². The van der Waals surface area contributed by atoms with E-state index in [1.54, 1.807) is 0 Å². The van der Waals surface area contributed by atoms with Crippen molar-refractivity contribution in [3.05, 3.63) is 10.6 Å². The van der Waals surface area contributed by atoms with Gasteiger partial charge in [0, 0.05) is 12.6 Å². The van der Waals surface area contributed by atoms with Gasteiger partial charge in [-0.3, -0.25) is 4.79 Å². The van der Waals surface area contributed by atoms with Crippen LogP contribution in [0.5, 0.6) is 0 Å². The zero-order valence-electron chi connectivity index (χ0n) is 10.1. The Bertz CT molecular complexity index is 388. The highest BCUT2D eigenvalue weighted by Gasteiger charge is 2.25. The molecule has 1 saturated heterocycles. The average molecular weight is 238 g/mol. The lowest BCUT2D eigenvalue weighted by molar-refractivity contribution is 0.112. The van der Waals surface area contributed by atoms with Crippen LogP contribution in [-0.2, 0) is 0 Å². The second-order valence-electron chi connectivity index (χ2n) is 4.75. The zero-order valence-corrected chi connectivity index (χ0v) is 10.9. The largest absolute Gasteiger partial charge is 0.345 e. The van der Waals surface area contributed by atoms with E-state index >= 15 is 0 Å². The molecule has 0 bridgehead atoms. The summed E-state index contributed by atoms with van der Waals surface area (Å²) in [5.41, 5.74) is 0.862. The summed E-state index contributed by atoms with van der Waals surface area (Å²) < 4.78 is 0. The topological polar surface area (TPSA) is 33.2 Å². The minimum absolute atomic E-state index is 0.543. The number of aryl methyl sites for hydroxylation is 1. The lowest BCUT2D eigenvalue weighted by Crippen LogP contribution is -2.41. The van der Waals surface area contributed by atoms with Gasteiger partial charge in [-0.25, -0.2) is 4.98 Å². The molecule has 1 aliphatic rings. The molecule has 2 rings (SSSR count). The fourth-order valence-electron chi connectivity index (χ4n) is 2.18. The molecule has 0 amide bonds. The quantitative estimate of drug-likeness (QED) is 0.743. The van der Waals surface area contributed by atoms with Gasteiger partial charge < -0.3 is 4.90 Å². The summed E-state index contributed by atoms with van der Waals surface area (Å²) in [6.07, 6.45) is 3.42. The molecular formula is C12H18N2OS. The van der Waals surface area contributed by atoms with Crippen molar-refractivity contribution in [3.8, 4) is 0 Å². The number of nitrogens with zero attached hydrogens (tertiary/aromatic N) is 2. The van der Waals surface area contributed by atoms with Crippen molar-refractivity contribution in [2.24, 2.45) is 5.92 Å². The van der Waals surface area contributed by atoms with Gasteiger partial charge in [0.15, 0.2) is 11.4 Å². The van der Waals surface area contributed by atoms with E-state index in [2.05, 4.69) is 23.7 Å². The van der Waals surface area contributed by atoms with Crippen molar-refractivity contribution in [1.29, 1.82) is 0 Å². The van der Waals surface area contributed by atoms with Gasteiger partial charge >= 0.3 is 0 Å². The highest BCUT2D eigenvalue weighted by Crippen LogP contribution is 2.31. The van der Waals surface area contributed by atoms with Crippen LogP contribution in [0.25, 0.3) is 0 Å². The Morgan fingerprint density at radius 1 is 1.44 bits per heavy atom. The first kappa shape index (κ1) is 11.6. The van der Waals surface area contributed by atoms with Gasteiger partial charge in [0.1, 0.15) is 0 Å². The minimum atomic E-state index is 0.543. The van der Waals surface area contributed by atoms with Crippen molar-refractivity contribution >= 4 is 22.8 Å².